The van der Waals surface area contributed by atoms with Crippen molar-refractivity contribution in [1.29, 1.82) is 5.26 Å². The number of rotatable bonds is 5. The van der Waals surface area contributed by atoms with E-state index in [4.69, 9.17) is 10.2 Å². The quantitative estimate of drug-likeness (QED) is 0.806. The molecule has 0 radical (unpaired) electrons. The van der Waals surface area contributed by atoms with Gasteiger partial charge in [0.25, 0.3) is 0 Å². The average Bonchev–Trinajstić information content (AvgIpc) is 2.75. The predicted octanol–water partition coefficient (Wildman–Crippen LogP) is 4.13. The molecule has 0 N–H and O–H groups in total. The summed E-state index contributed by atoms with van der Waals surface area (Å²) in [6.45, 7) is 4.44. The molecule has 3 nitrogen and oxygen atoms in total. The smallest absolute Gasteiger partial charge is 0.112 e. The molecule has 100 valence electrons. The van der Waals surface area contributed by atoms with Gasteiger partial charge in [0.05, 0.1) is 22.7 Å². The summed E-state index contributed by atoms with van der Waals surface area (Å²) in [5.41, 5.74) is 2.75. The molecule has 2 rings (SSSR count). The summed E-state index contributed by atoms with van der Waals surface area (Å²) in [5, 5.41) is 8.99. The number of fused-ring (bicyclic) bond motifs is 1. The van der Waals surface area contributed by atoms with E-state index in [-0.39, 0.29) is 0 Å². The third-order valence-electron chi connectivity index (χ3n) is 3.68. The van der Waals surface area contributed by atoms with E-state index in [1.807, 2.05) is 18.2 Å². The average molecular weight is 255 g/mol. The molecule has 0 aliphatic rings. The number of aromatic nitrogens is 2. The summed E-state index contributed by atoms with van der Waals surface area (Å²) in [6, 6.07) is 7.92. The van der Waals surface area contributed by atoms with Crippen LogP contribution in [0.4, 0.5) is 0 Å². The monoisotopic (exact) mass is 255 g/mol. The Hall–Kier alpha value is -1.82. The highest BCUT2D eigenvalue weighted by molar-refractivity contribution is 5.77. The third kappa shape index (κ3) is 2.63. The van der Waals surface area contributed by atoms with Gasteiger partial charge in [0.15, 0.2) is 0 Å². The summed E-state index contributed by atoms with van der Waals surface area (Å²) in [4.78, 5) is 4.78. The van der Waals surface area contributed by atoms with Crippen LogP contribution in [0.15, 0.2) is 18.2 Å². The van der Waals surface area contributed by atoms with Crippen LogP contribution in [-0.2, 0) is 7.05 Å². The first-order valence-electron chi connectivity index (χ1n) is 7.07. The maximum atomic E-state index is 8.99. The van der Waals surface area contributed by atoms with Crippen molar-refractivity contribution in [1.82, 2.24) is 9.55 Å². The number of imidazole rings is 1. The maximum Gasteiger partial charge on any atom is 0.112 e. The summed E-state index contributed by atoms with van der Waals surface area (Å²) >= 11 is 0. The van der Waals surface area contributed by atoms with E-state index in [0.29, 0.717) is 11.5 Å². The Morgan fingerprint density at radius 1 is 1.26 bits per heavy atom. The van der Waals surface area contributed by atoms with Crippen molar-refractivity contribution >= 4 is 11.0 Å². The molecule has 1 aromatic carbocycles. The lowest BCUT2D eigenvalue weighted by molar-refractivity contribution is 0.521. The molecule has 0 aliphatic heterocycles. The summed E-state index contributed by atoms with van der Waals surface area (Å²) in [6.07, 6.45) is 4.71. The van der Waals surface area contributed by atoms with E-state index in [1.165, 1.54) is 25.7 Å². The molecule has 1 heterocycles. The van der Waals surface area contributed by atoms with Gasteiger partial charge in [0, 0.05) is 13.0 Å². The summed E-state index contributed by atoms with van der Waals surface area (Å²) < 4.78 is 2.16. The largest absolute Gasteiger partial charge is 0.331 e. The highest BCUT2D eigenvalue weighted by Gasteiger charge is 2.17. The molecule has 1 aromatic heterocycles. The number of nitriles is 1. The van der Waals surface area contributed by atoms with Gasteiger partial charge >= 0.3 is 0 Å². The van der Waals surface area contributed by atoms with Gasteiger partial charge < -0.3 is 4.57 Å². The Balaban J connectivity index is 2.48. The lowest BCUT2D eigenvalue weighted by Crippen LogP contribution is -2.06. The fourth-order valence-corrected chi connectivity index (χ4v) is 2.74. The van der Waals surface area contributed by atoms with E-state index in [1.54, 1.807) is 0 Å². The van der Waals surface area contributed by atoms with Crippen molar-refractivity contribution in [3.8, 4) is 6.07 Å². The highest BCUT2D eigenvalue weighted by Crippen LogP contribution is 2.28. The van der Waals surface area contributed by atoms with Crippen LogP contribution in [0.25, 0.3) is 11.0 Å². The zero-order chi connectivity index (χ0) is 13.8. The zero-order valence-electron chi connectivity index (χ0n) is 12.0. The van der Waals surface area contributed by atoms with Crippen molar-refractivity contribution in [2.24, 2.45) is 7.05 Å². The topological polar surface area (TPSA) is 41.6 Å². The van der Waals surface area contributed by atoms with Gasteiger partial charge in [0.2, 0.25) is 0 Å². The molecule has 3 heteroatoms. The number of nitrogens with zero attached hydrogens (tertiary/aromatic N) is 3. The van der Waals surface area contributed by atoms with E-state index in [2.05, 4.69) is 31.5 Å². The minimum Gasteiger partial charge on any atom is -0.331 e. The molecule has 0 aliphatic carbocycles. The molecule has 19 heavy (non-hydrogen) atoms. The molecule has 0 saturated carbocycles. The SMILES string of the molecule is CCCC(CCC)c1nc2ccc(C#N)cc2n1C. The minimum absolute atomic E-state index is 0.526. The Bertz CT molecular complexity index is 598. The number of aryl methyl sites for hydroxylation is 1. The van der Waals surface area contributed by atoms with Crippen molar-refractivity contribution in [3.63, 3.8) is 0 Å². The fraction of sp³-hybridized carbons (Fsp3) is 0.500. The second-order valence-electron chi connectivity index (χ2n) is 5.12. The zero-order valence-corrected chi connectivity index (χ0v) is 12.0. The molecule has 0 spiro atoms. The Morgan fingerprint density at radius 3 is 2.53 bits per heavy atom. The predicted molar refractivity (Wildman–Crippen MR) is 78.0 cm³/mol. The summed E-state index contributed by atoms with van der Waals surface area (Å²) in [7, 11) is 2.06. The van der Waals surface area contributed by atoms with Gasteiger partial charge in [-0.25, -0.2) is 4.98 Å². The van der Waals surface area contributed by atoms with E-state index < -0.39 is 0 Å². The van der Waals surface area contributed by atoms with Crippen LogP contribution in [0.2, 0.25) is 0 Å². The summed E-state index contributed by atoms with van der Waals surface area (Å²) in [5.74, 6) is 1.69. The van der Waals surface area contributed by atoms with Crippen molar-refractivity contribution in [2.45, 2.75) is 45.4 Å². The molecule has 0 unspecified atom stereocenters. The van der Waals surface area contributed by atoms with Crippen LogP contribution in [-0.4, -0.2) is 9.55 Å². The Kier molecular flexibility index (Phi) is 4.21. The van der Waals surface area contributed by atoms with Crippen molar-refractivity contribution in [3.05, 3.63) is 29.6 Å². The molecular formula is C16H21N3. The van der Waals surface area contributed by atoms with Crippen LogP contribution in [0.1, 0.15) is 56.8 Å². The number of hydrogen-bond acceptors (Lipinski definition) is 2. The molecule has 0 atom stereocenters. The first-order chi connectivity index (χ1) is 9.21. The van der Waals surface area contributed by atoms with Crippen LogP contribution in [0.3, 0.4) is 0 Å². The lowest BCUT2D eigenvalue weighted by atomic mass is 9.97. The van der Waals surface area contributed by atoms with Crippen LogP contribution in [0, 0.1) is 11.3 Å². The van der Waals surface area contributed by atoms with E-state index in [0.717, 1.165) is 16.9 Å². The normalized spacial score (nSPS) is 11.1. The van der Waals surface area contributed by atoms with E-state index in [9.17, 15) is 0 Å². The van der Waals surface area contributed by atoms with Crippen LogP contribution < -0.4 is 0 Å². The molecule has 0 bridgehead atoms. The second kappa shape index (κ2) is 5.88. The maximum absolute atomic E-state index is 8.99. The third-order valence-corrected chi connectivity index (χ3v) is 3.68. The van der Waals surface area contributed by atoms with Gasteiger partial charge in [-0.3, -0.25) is 0 Å². The highest BCUT2D eigenvalue weighted by atomic mass is 15.1. The molecule has 0 saturated heterocycles. The Labute approximate surface area is 114 Å². The molecule has 2 aromatic rings. The number of benzene rings is 1. The Morgan fingerprint density at radius 2 is 1.95 bits per heavy atom. The van der Waals surface area contributed by atoms with Gasteiger partial charge in [-0.05, 0) is 31.0 Å². The van der Waals surface area contributed by atoms with Crippen molar-refractivity contribution in [2.75, 3.05) is 0 Å². The van der Waals surface area contributed by atoms with Gasteiger partial charge in [-0.15, -0.1) is 0 Å². The molecule has 0 amide bonds. The standard InChI is InChI=1S/C16H21N3/c1-4-6-13(7-5-2)16-18-14-9-8-12(11-17)10-15(14)19(16)3/h8-10,13H,4-7H2,1-3H3. The van der Waals surface area contributed by atoms with Gasteiger partial charge in [0.1, 0.15) is 5.82 Å². The number of hydrogen-bond donors (Lipinski definition) is 0. The van der Waals surface area contributed by atoms with Crippen LogP contribution in [0.5, 0.6) is 0 Å². The minimum atomic E-state index is 0.526. The van der Waals surface area contributed by atoms with Crippen LogP contribution >= 0.6 is 0 Å². The van der Waals surface area contributed by atoms with Gasteiger partial charge in [-0.1, -0.05) is 26.7 Å². The fourth-order valence-electron chi connectivity index (χ4n) is 2.74. The van der Waals surface area contributed by atoms with Gasteiger partial charge in [-0.2, -0.15) is 5.26 Å². The van der Waals surface area contributed by atoms with Crippen molar-refractivity contribution < 1.29 is 0 Å². The first-order valence-corrected chi connectivity index (χ1v) is 7.07. The van der Waals surface area contributed by atoms with E-state index >= 15 is 0 Å². The molecular weight excluding hydrogens is 234 g/mol. The lowest BCUT2D eigenvalue weighted by Gasteiger charge is -2.14. The second-order valence-corrected chi connectivity index (χ2v) is 5.12. The molecule has 0 fully saturated rings. The first kappa shape index (κ1) is 13.6.